The lowest BCUT2D eigenvalue weighted by molar-refractivity contribution is -0.870. The lowest BCUT2D eigenvalue weighted by Gasteiger charge is -2.23. The van der Waals surface area contributed by atoms with Crippen LogP contribution in [-0.4, -0.2) is 45.1 Å². The van der Waals surface area contributed by atoms with Crippen LogP contribution in [0.25, 0.3) is 0 Å². The van der Waals surface area contributed by atoms with E-state index >= 15 is 0 Å². The van der Waals surface area contributed by atoms with Gasteiger partial charge in [0.1, 0.15) is 0 Å². The third kappa shape index (κ3) is 21.0. The molecule has 0 spiro atoms. The number of nitrogens with zero attached hydrogens (tertiary/aromatic N) is 1. The molecule has 4 nitrogen and oxygen atoms in total. The molecule has 1 rings (SSSR count). The van der Waals surface area contributed by atoms with Crippen LogP contribution in [0.3, 0.4) is 0 Å². The van der Waals surface area contributed by atoms with Gasteiger partial charge < -0.3 is 4.48 Å². The minimum absolute atomic E-state index is 0.151. The SMILES string of the molecule is CCCCCCCCCCCCCCCC[N+](C)(C)C.O=S(=O)(O)c1ccc(Cl)cc1. The summed E-state index contributed by atoms with van der Waals surface area (Å²) in [6.45, 7) is 3.63. The van der Waals surface area contributed by atoms with Gasteiger partial charge in [0, 0.05) is 5.02 Å². The summed E-state index contributed by atoms with van der Waals surface area (Å²) in [5.74, 6) is 0. The highest BCUT2D eigenvalue weighted by Gasteiger charge is 2.07. The fourth-order valence-corrected chi connectivity index (χ4v) is 3.99. The van der Waals surface area contributed by atoms with Crippen LogP contribution in [0.5, 0.6) is 0 Å². The Morgan fingerprint density at radius 1 is 0.710 bits per heavy atom. The maximum atomic E-state index is 10.5. The Morgan fingerprint density at radius 2 is 1.06 bits per heavy atom. The normalized spacial score (nSPS) is 11.8. The zero-order valence-corrected chi connectivity index (χ0v) is 22.0. The summed E-state index contributed by atoms with van der Waals surface area (Å²) in [6.07, 6.45) is 20.4. The van der Waals surface area contributed by atoms with Crippen molar-refractivity contribution in [2.75, 3.05) is 27.7 Å². The maximum absolute atomic E-state index is 10.5. The zero-order valence-electron chi connectivity index (χ0n) is 20.4. The first-order valence-electron chi connectivity index (χ1n) is 12.1. The molecule has 0 saturated heterocycles. The molecule has 0 fully saturated rings. The molecule has 0 saturated carbocycles. The highest BCUT2D eigenvalue weighted by atomic mass is 35.5. The van der Waals surface area contributed by atoms with Crippen LogP contribution in [0.4, 0.5) is 0 Å². The van der Waals surface area contributed by atoms with Gasteiger partial charge in [0.05, 0.1) is 32.6 Å². The molecule has 0 radical (unpaired) electrons. The van der Waals surface area contributed by atoms with Crippen LogP contribution in [-0.2, 0) is 10.1 Å². The summed E-state index contributed by atoms with van der Waals surface area (Å²) in [5.41, 5.74) is 0. The standard InChI is InChI=1S/C19H42N.C6H5ClO3S/c1-5-6-7-8-9-10-11-12-13-14-15-16-17-18-19-20(2,3)4;7-5-1-3-6(4-2-5)11(8,9)10/h5-19H2,1-4H3;1-4H,(H,8,9,10)/q+1;. The fourth-order valence-electron chi connectivity index (χ4n) is 3.39. The van der Waals surface area contributed by atoms with E-state index in [2.05, 4.69) is 28.1 Å². The zero-order chi connectivity index (χ0) is 23.6. The molecule has 0 bridgehead atoms. The van der Waals surface area contributed by atoms with E-state index in [0.717, 1.165) is 4.48 Å². The van der Waals surface area contributed by atoms with Crippen LogP contribution in [0.1, 0.15) is 96.8 Å². The number of rotatable bonds is 16. The number of hydrogen-bond acceptors (Lipinski definition) is 2. The van der Waals surface area contributed by atoms with E-state index in [4.69, 9.17) is 16.2 Å². The van der Waals surface area contributed by atoms with E-state index < -0.39 is 10.1 Å². The van der Waals surface area contributed by atoms with Gasteiger partial charge in [0.25, 0.3) is 10.1 Å². The molecule has 182 valence electrons. The Labute approximate surface area is 197 Å². The van der Waals surface area contributed by atoms with Gasteiger partial charge >= 0.3 is 0 Å². The van der Waals surface area contributed by atoms with E-state index in [0.29, 0.717) is 5.02 Å². The van der Waals surface area contributed by atoms with E-state index in [1.807, 2.05) is 0 Å². The molecule has 1 aromatic carbocycles. The van der Waals surface area contributed by atoms with E-state index in [9.17, 15) is 8.42 Å². The lowest BCUT2D eigenvalue weighted by atomic mass is 10.0. The van der Waals surface area contributed by atoms with Crippen molar-refractivity contribution in [3.05, 3.63) is 29.3 Å². The molecule has 1 N–H and O–H groups in total. The number of quaternary nitrogens is 1. The van der Waals surface area contributed by atoms with Crippen molar-refractivity contribution in [2.45, 2.75) is 102 Å². The minimum atomic E-state index is -4.08. The van der Waals surface area contributed by atoms with Crippen LogP contribution in [0.15, 0.2) is 29.2 Å². The van der Waals surface area contributed by atoms with Gasteiger partial charge in [-0.05, 0) is 37.1 Å². The van der Waals surface area contributed by atoms with E-state index in [1.165, 1.54) is 121 Å². The fraction of sp³-hybridized carbons (Fsp3) is 0.760. The molecule has 0 amide bonds. The van der Waals surface area contributed by atoms with Crippen molar-refractivity contribution in [3.8, 4) is 0 Å². The van der Waals surface area contributed by atoms with Crippen molar-refractivity contribution in [1.29, 1.82) is 0 Å². The molecule has 0 aliphatic rings. The number of hydrogen-bond donors (Lipinski definition) is 1. The largest absolute Gasteiger partial charge is 0.331 e. The van der Waals surface area contributed by atoms with Gasteiger partial charge in [-0.25, -0.2) is 0 Å². The number of benzene rings is 1. The van der Waals surface area contributed by atoms with E-state index in [-0.39, 0.29) is 4.90 Å². The van der Waals surface area contributed by atoms with Crippen LogP contribution in [0, 0.1) is 0 Å². The van der Waals surface area contributed by atoms with Gasteiger partial charge in [-0.2, -0.15) is 8.42 Å². The molecule has 6 heteroatoms. The maximum Gasteiger partial charge on any atom is 0.294 e. The summed E-state index contributed by atoms with van der Waals surface area (Å²) in [6, 6.07) is 5.25. The Balaban J connectivity index is 0.000000683. The Morgan fingerprint density at radius 3 is 1.39 bits per heavy atom. The second-order valence-corrected chi connectivity index (χ2v) is 11.4. The van der Waals surface area contributed by atoms with Crippen molar-refractivity contribution in [2.24, 2.45) is 0 Å². The summed E-state index contributed by atoms with van der Waals surface area (Å²) in [4.78, 5) is -0.151. The Kier molecular flexibility index (Phi) is 17.5. The molecule has 0 unspecified atom stereocenters. The predicted octanol–water partition coefficient (Wildman–Crippen LogP) is 7.76. The second kappa shape index (κ2) is 17.9. The van der Waals surface area contributed by atoms with Crippen molar-refractivity contribution < 1.29 is 17.5 Å². The van der Waals surface area contributed by atoms with Crippen molar-refractivity contribution >= 4 is 21.7 Å². The highest BCUT2D eigenvalue weighted by molar-refractivity contribution is 7.85. The average molecular weight is 477 g/mol. The summed E-state index contributed by atoms with van der Waals surface area (Å²) in [7, 11) is 2.80. The monoisotopic (exact) mass is 476 g/mol. The molecule has 0 heterocycles. The molecular weight excluding hydrogens is 430 g/mol. The second-order valence-electron chi connectivity index (χ2n) is 9.54. The van der Waals surface area contributed by atoms with E-state index in [1.54, 1.807) is 0 Å². The number of unbranched alkanes of at least 4 members (excludes halogenated alkanes) is 13. The third-order valence-electron chi connectivity index (χ3n) is 5.29. The number of halogens is 1. The first-order chi connectivity index (χ1) is 14.6. The average Bonchev–Trinajstić information content (AvgIpc) is 2.67. The first kappa shape index (κ1) is 30.4. The van der Waals surface area contributed by atoms with Gasteiger partial charge in [0.2, 0.25) is 0 Å². The molecular formula is C25H47ClNO3S+. The third-order valence-corrected chi connectivity index (χ3v) is 6.41. The Hall–Kier alpha value is -0.620. The summed E-state index contributed by atoms with van der Waals surface area (Å²) < 4.78 is 30.5. The topological polar surface area (TPSA) is 54.4 Å². The molecule has 0 aliphatic heterocycles. The lowest BCUT2D eigenvalue weighted by Crippen LogP contribution is -2.35. The van der Waals surface area contributed by atoms with Crippen molar-refractivity contribution in [1.82, 2.24) is 0 Å². The highest BCUT2D eigenvalue weighted by Crippen LogP contribution is 2.14. The predicted molar refractivity (Wildman–Crippen MR) is 134 cm³/mol. The smallest absolute Gasteiger partial charge is 0.294 e. The van der Waals surface area contributed by atoms with Crippen LogP contribution in [0.2, 0.25) is 5.02 Å². The minimum Gasteiger partial charge on any atom is -0.331 e. The Bertz CT molecular complexity index is 640. The van der Waals surface area contributed by atoms with Gasteiger partial charge in [-0.1, -0.05) is 95.6 Å². The van der Waals surface area contributed by atoms with Gasteiger partial charge in [-0.15, -0.1) is 0 Å². The quantitative estimate of drug-likeness (QED) is 0.150. The molecule has 0 aromatic heterocycles. The van der Waals surface area contributed by atoms with Gasteiger partial charge in [0.15, 0.2) is 0 Å². The first-order valence-corrected chi connectivity index (χ1v) is 13.9. The molecule has 0 atom stereocenters. The molecule has 1 aromatic rings. The van der Waals surface area contributed by atoms with Crippen LogP contribution < -0.4 is 0 Å². The van der Waals surface area contributed by atoms with Crippen LogP contribution >= 0.6 is 11.6 Å². The summed E-state index contributed by atoms with van der Waals surface area (Å²) >= 11 is 5.49. The van der Waals surface area contributed by atoms with Crippen molar-refractivity contribution in [3.63, 3.8) is 0 Å². The molecule has 0 aliphatic carbocycles. The molecule has 31 heavy (non-hydrogen) atoms. The van der Waals surface area contributed by atoms with Gasteiger partial charge in [-0.3, -0.25) is 4.55 Å². The summed E-state index contributed by atoms with van der Waals surface area (Å²) in [5, 5.41) is 0.428.